The fraction of sp³-hybridized carbons (Fsp3) is 0.278. The van der Waals surface area contributed by atoms with E-state index in [9.17, 15) is 4.79 Å². The Morgan fingerprint density at radius 1 is 1.17 bits per heavy atom. The molecule has 0 unspecified atom stereocenters. The van der Waals surface area contributed by atoms with Gasteiger partial charge in [-0.25, -0.2) is 14.8 Å². The molecule has 1 aliphatic carbocycles. The van der Waals surface area contributed by atoms with Gasteiger partial charge in [0.2, 0.25) is 0 Å². The lowest BCUT2D eigenvalue weighted by Crippen LogP contribution is -2.02. The zero-order valence-corrected chi connectivity index (χ0v) is 14.2. The lowest BCUT2D eigenvalue weighted by atomic mass is 9.97. The van der Waals surface area contributed by atoms with Crippen molar-refractivity contribution < 1.29 is 9.53 Å². The normalized spacial score (nSPS) is 13.5. The molecule has 1 aliphatic rings. The second-order valence-electron chi connectivity index (χ2n) is 5.81. The van der Waals surface area contributed by atoms with E-state index in [1.165, 1.54) is 30.4 Å². The van der Waals surface area contributed by atoms with E-state index in [-0.39, 0.29) is 5.97 Å². The molecular formula is C18H17N3O2S. The first-order valence-corrected chi connectivity index (χ1v) is 8.78. The minimum Gasteiger partial charge on any atom is -0.465 e. The number of hydrogen-bond donors (Lipinski definition) is 1. The highest BCUT2D eigenvalue weighted by molar-refractivity contribution is 7.19. The number of rotatable bonds is 3. The van der Waals surface area contributed by atoms with Crippen LogP contribution in [0.4, 0.5) is 11.5 Å². The smallest absolute Gasteiger partial charge is 0.337 e. The number of esters is 1. The third-order valence-electron chi connectivity index (χ3n) is 4.32. The van der Waals surface area contributed by atoms with Crippen LogP contribution in [0.2, 0.25) is 0 Å². The minimum absolute atomic E-state index is 0.335. The maximum Gasteiger partial charge on any atom is 0.337 e. The first-order valence-electron chi connectivity index (χ1n) is 7.97. The number of methoxy groups -OCH3 is 1. The topological polar surface area (TPSA) is 64.1 Å². The van der Waals surface area contributed by atoms with E-state index in [1.807, 2.05) is 12.1 Å². The molecule has 0 amide bonds. The molecule has 3 aromatic rings. The summed E-state index contributed by atoms with van der Waals surface area (Å²) in [6.07, 6.45) is 6.32. The quantitative estimate of drug-likeness (QED) is 0.728. The molecule has 0 saturated heterocycles. The number of thiophene rings is 1. The monoisotopic (exact) mass is 339 g/mol. The summed E-state index contributed by atoms with van der Waals surface area (Å²) in [6.45, 7) is 0. The van der Waals surface area contributed by atoms with Crippen molar-refractivity contribution in [2.24, 2.45) is 0 Å². The van der Waals surface area contributed by atoms with Crippen LogP contribution in [-0.2, 0) is 17.6 Å². The highest BCUT2D eigenvalue weighted by Gasteiger charge is 2.19. The molecule has 1 aromatic carbocycles. The summed E-state index contributed by atoms with van der Waals surface area (Å²) in [5, 5.41) is 4.52. The second-order valence-corrected chi connectivity index (χ2v) is 6.89. The number of nitrogens with one attached hydrogen (secondary N) is 1. The number of benzene rings is 1. The van der Waals surface area contributed by atoms with Crippen LogP contribution in [0.15, 0.2) is 30.6 Å². The molecular weight excluding hydrogens is 322 g/mol. The minimum atomic E-state index is -0.335. The van der Waals surface area contributed by atoms with Crippen molar-refractivity contribution in [2.45, 2.75) is 25.7 Å². The molecule has 122 valence electrons. The number of nitrogens with zero attached hydrogens (tertiary/aromatic N) is 2. The van der Waals surface area contributed by atoms with Gasteiger partial charge in [0.05, 0.1) is 18.1 Å². The van der Waals surface area contributed by atoms with Gasteiger partial charge in [0.15, 0.2) is 0 Å². The summed E-state index contributed by atoms with van der Waals surface area (Å²) in [7, 11) is 1.38. The van der Waals surface area contributed by atoms with Crippen molar-refractivity contribution in [2.75, 3.05) is 12.4 Å². The fourth-order valence-corrected chi connectivity index (χ4v) is 4.36. The first kappa shape index (κ1) is 15.1. The Balaban J connectivity index is 1.69. The van der Waals surface area contributed by atoms with Gasteiger partial charge in [-0.1, -0.05) is 0 Å². The van der Waals surface area contributed by atoms with Gasteiger partial charge >= 0.3 is 5.97 Å². The number of carbonyl (C=O) groups excluding carboxylic acids is 1. The van der Waals surface area contributed by atoms with E-state index in [4.69, 9.17) is 4.74 Å². The van der Waals surface area contributed by atoms with Crippen molar-refractivity contribution in [3.05, 3.63) is 46.6 Å². The number of carbonyl (C=O) groups is 1. The Labute approximate surface area is 143 Å². The molecule has 4 rings (SSSR count). The summed E-state index contributed by atoms with van der Waals surface area (Å²) in [6, 6.07) is 7.21. The van der Waals surface area contributed by atoms with E-state index in [1.54, 1.807) is 29.8 Å². The van der Waals surface area contributed by atoms with Crippen LogP contribution >= 0.6 is 11.3 Å². The van der Waals surface area contributed by atoms with Crippen LogP contribution in [-0.4, -0.2) is 23.0 Å². The van der Waals surface area contributed by atoms with Gasteiger partial charge in [-0.05, 0) is 55.5 Å². The molecule has 0 atom stereocenters. The van der Waals surface area contributed by atoms with Crippen molar-refractivity contribution in [3.8, 4) is 0 Å². The lowest BCUT2D eigenvalue weighted by Gasteiger charge is -2.12. The molecule has 2 aromatic heterocycles. The van der Waals surface area contributed by atoms with Gasteiger partial charge in [-0.2, -0.15) is 0 Å². The third kappa shape index (κ3) is 2.63. The first-order chi connectivity index (χ1) is 11.8. The highest BCUT2D eigenvalue weighted by Crippen LogP contribution is 2.38. The second kappa shape index (κ2) is 6.20. The van der Waals surface area contributed by atoms with Crippen LogP contribution < -0.4 is 5.32 Å². The summed E-state index contributed by atoms with van der Waals surface area (Å²) in [5.41, 5.74) is 2.82. The summed E-state index contributed by atoms with van der Waals surface area (Å²) < 4.78 is 4.73. The zero-order chi connectivity index (χ0) is 16.5. The van der Waals surface area contributed by atoms with Gasteiger partial charge in [0, 0.05) is 10.6 Å². The highest BCUT2D eigenvalue weighted by atomic mass is 32.1. The number of aryl methyl sites for hydroxylation is 2. The Bertz CT molecular complexity index is 903. The van der Waals surface area contributed by atoms with Crippen molar-refractivity contribution in [1.29, 1.82) is 0 Å². The average Bonchev–Trinajstić information content (AvgIpc) is 3.01. The molecule has 0 aliphatic heterocycles. The standard InChI is InChI=1S/C18H17N3O2S/c1-23-18(22)11-6-8-12(9-7-11)21-16-15-13-4-2-3-5-14(13)24-17(15)20-10-19-16/h6-10H,2-5H2,1H3,(H,19,20,21). The molecule has 0 saturated carbocycles. The number of fused-ring (bicyclic) bond motifs is 3. The predicted molar refractivity (Wildman–Crippen MR) is 95.1 cm³/mol. The molecule has 24 heavy (non-hydrogen) atoms. The van der Waals surface area contributed by atoms with Crippen LogP contribution in [0.25, 0.3) is 10.2 Å². The Morgan fingerprint density at radius 3 is 2.75 bits per heavy atom. The van der Waals surface area contributed by atoms with Gasteiger partial charge in [-0.15, -0.1) is 11.3 Å². The van der Waals surface area contributed by atoms with E-state index >= 15 is 0 Å². The van der Waals surface area contributed by atoms with Gasteiger partial charge in [0.25, 0.3) is 0 Å². The fourth-order valence-electron chi connectivity index (χ4n) is 3.13. The van der Waals surface area contributed by atoms with Crippen LogP contribution in [0, 0.1) is 0 Å². The maximum atomic E-state index is 11.5. The molecule has 2 heterocycles. The van der Waals surface area contributed by atoms with Crippen LogP contribution in [0.1, 0.15) is 33.6 Å². The summed E-state index contributed by atoms with van der Waals surface area (Å²) in [5.74, 6) is 0.503. The maximum absolute atomic E-state index is 11.5. The Hall–Kier alpha value is -2.47. The average molecular weight is 339 g/mol. The molecule has 1 N–H and O–H groups in total. The van der Waals surface area contributed by atoms with E-state index in [0.29, 0.717) is 5.56 Å². The van der Waals surface area contributed by atoms with Gasteiger partial charge in [0.1, 0.15) is 17.0 Å². The predicted octanol–water partition coefficient (Wildman–Crippen LogP) is 4.10. The summed E-state index contributed by atoms with van der Waals surface area (Å²) >= 11 is 1.78. The largest absolute Gasteiger partial charge is 0.465 e. The number of ether oxygens (including phenoxy) is 1. The lowest BCUT2D eigenvalue weighted by molar-refractivity contribution is 0.0601. The van der Waals surface area contributed by atoms with Crippen LogP contribution in [0.3, 0.4) is 0 Å². The van der Waals surface area contributed by atoms with Crippen molar-refractivity contribution in [1.82, 2.24) is 9.97 Å². The van der Waals surface area contributed by atoms with Gasteiger partial charge in [-0.3, -0.25) is 0 Å². The molecule has 6 heteroatoms. The zero-order valence-electron chi connectivity index (χ0n) is 13.3. The number of aromatic nitrogens is 2. The van der Waals surface area contributed by atoms with E-state index in [0.717, 1.165) is 34.6 Å². The Kier molecular flexibility index (Phi) is 3.90. The van der Waals surface area contributed by atoms with Crippen molar-refractivity contribution >= 4 is 39.0 Å². The molecule has 5 nitrogen and oxygen atoms in total. The number of hydrogen-bond acceptors (Lipinski definition) is 6. The molecule has 0 radical (unpaired) electrons. The number of anilines is 2. The van der Waals surface area contributed by atoms with E-state index in [2.05, 4.69) is 15.3 Å². The third-order valence-corrected chi connectivity index (χ3v) is 5.52. The molecule has 0 bridgehead atoms. The SMILES string of the molecule is COC(=O)c1ccc(Nc2ncnc3sc4c(c23)CCCC4)cc1. The van der Waals surface area contributed by atoms with E-state index < -0.39 is 0 Å². The Morgan fingerprint density at radius 2 is 1.96 bits per heavy atom. The van der Waals surface area contributed by atoms with Crippen LogP contribution in [0.5, 0.6) is 0 Å². The van der Waals surface area contributed by atoms with Gasteiger partial charge < -0.3 is 10.1 Å². The molecule has 0 spiro atoms. The van der Waals surface area contributed by atoms with Crippen molar-refractivity contribution in [3.63, 3.8) is 0 Å². The summed E-state index contributed by atoms with van der Waals surface area (Å²) in [4.78, 5) is 22.9. The molecule has 0 fully saturated rings.